The molecule has 0 saturated carbocycles. The molecule has 0 amide bonds. The summed E-state index contributed by atoms with van der Waals surface area (Å²) in [4.78, 5) is 11.2. The molecule has 15 heavy (non-hydrogen) atoms. The van der Waals surface area contributed by atoms with Crippen LogP contribution in [0.3, 0.4) is 0 Å². The topological polar surface area (TPSA) is 35.5 Å². The van der Waals surface area contributed by atoms with Crippen molar-refractivity contribution in [1.82, 2.24) is 0 Å². The lowest BCUT2D eigenvalue weighted by Crippen LogP contribution is -2.00. The van der Waals surface area contributed by atoms with Gasteiger partial charge in [-0.1, -0.05) is 0 Å². The van der Waals surface area contributed by atoms with E-state index in [0.717, 1.165) is 0 Å². The van der Waals surface area contributed by atoms with Crippen molar-refractivity contribution in [2.24, 2.45) is 0 Å². The first kappa shape index (κ1) is 11.9. The van der Waals surface area contributed by atoms with Gasteiger partial charge >= 0.3 is 0 Å². The summed E-state index contributed by atoms with van der Waals surface area (Å²) in [6, 6.07) is 5.09. The fourth-order valence-electron chi connectivity index (χ4n) is 1.21. The molecule has 3 nitrogen and oxygen atoms in total. The Morgan fingerprint density at radius 2 is 1.93 bits per heavy atom. The molecule has 0 N–H and O–H groups in total. The second-order valence-corrected chi connectivity index (χ2v) is 3.24. The summed E-state index contributed by atoms with van der Waals surface area (Å²) in [6.07, 6.45) is 0. The van der Waals surface area contributed by atoms with Crippen LogP contribution in [0, 0.1) is 0 Å². The summed E-state index contributed by atoms with van der Waals surface area (Å²) < 4.78 is 10.6. The largest absolute Gasteiger partial charge is 0.494 e. The van der Waals surface area contributed by atoms with Crippen molar-refractivity contribution in [3.8, 4) is 11.5 Å². The number of hydrogen-bond donors (Lipinski definition) is 1. The highest BCUT2D eigenvalue weighted by molar-refractivity contribution is 7.97. The maximum absolute atomic E-state index is 11.2. The van der Waals surface area contributed by atoms with Crippen LogP contribution < -0.4 is 9.47 Å². The number of carbonyl (C=O) groups excluding carboxylic acids is 1. The van der Waals surface area contributed by atoms with E-state index in [4.69, 9.17) is 9.47 Å². The molecule has 1 rings (SSSR count). The average molecular weight is 226 g/mol. The zero-order valence-corrected chi connectivity index (χ0v) is 9.71. The maximum atomic E-state index is 11.2. The van der Waals surface area contributed by atoms with Crippen molar-refractivity contribution < 1.29 is 14.3 Å². The monoisotopic (exact) mass is 226 g/mol. The maximum Gasteiger partial charge on any atom is 0.220 e. The van der Waals surface area contributed by atoms with Crippen LogP contribution in [0.1, 0.15) is 24.2 Å². The Labute approximate surface area is 94.8 Å². The van der Waals surface area contributed by atoms with Gasteiger partial charge in [0.05, 0.1) is 18.8 Å². The van der Waals surface area contributed by atoms with E-state index in [1.165, 1.54) is 0 Å². The summed E-state index contributed by atoms with van der Waals surface area (Å²) in [6.45, 7) is 4.85. The summed E-state index contributed by atoms with van der Waals surface area (Å²) in [5.74, 6) is 1.21. The van der Waals surface area contributed by atoms with Crippen LogP contribution in [0.2, 0.25) is 0 Å². The zero-order chi connectivity index (χ0) is 11.3. The minimum atomic E-state index is -0.304. The van der Waals surface area contributed by atoms with Crippen LogP contribution in [0.5, 0.6) is 11.5 Å². The van der Waals surface area contributed by atoms with Gasteiger partial charge in [0, 0.05) is 6.07 Å². The van der Waals surface area contributed by atoms with Crippen LogP contribution in [0.15, 0.2) is 18.2 Å². The number of rotatable bonds is 5. The molecule has 82 valence electrons. The molecule has 0 heterocycles. The highest BCUT2D eigenvalue weighted by Crippen LogP contribution is 2.26. The number of hydrogen-bond acceptors (Lipinski definition) is 3. The van der Waals surface area contributed by atoms with E-state index in [1.54, 1.807) is 18.2 Å². The summed E-state index contributed by atoms with van der Waals surface area (Å²) in [5.41, 5.74) is 0.462. The molecule has 0 aliphatic rings. The summed E-state index contributed by atoms with van der Waals surface area (Å²) in [5, 5.41) is -0.304. The van der Waals surface area contributed by atoms with Crippen molar-refractivity contribution >= 4 is 17.7 Å². The minimum Gasteiger partial charge on any atom is -0.494 e. The molecule has 0 fully saturated rings. The fourth-order valence-corrected chi connectivity index (χ4v) is 1.40. The molecule has 1 aromatic rings. The Kier molecular flexibility index (Phi) is 4.49. The van der Waals surface area contributed by atoms with E-state index in [2.05, 4.69) is 12.6 Å². The summed E-state index contributed by atoms with van der Waals surface area (Å²) in [7, 11) is 0. The summed E-state index contributed by atoms with van der Waals surface area (Å²) >= 11 is 3.78. The second kappa shape index (κ2) is 5.66. The van der Waals surface area contributed by atoms with Crippen molar-refractivity contribution in [1.29, 1.82) is 0 Å². The third-order valence-corrected chi connectivity index (χ3v) is 2.04. The second-order valence-electron chi connectivity index (χ2n) is 2.83. The SMILES string of the molecule is CCOc1ccc(C(=O)S)c(OCC)c1. The quantitative estimate of drug-likeness (QED) is 0.784. The number of thiol groups is 1. The first-order chi connectivity index (χ1) is 7.19. The molecule has 0 radical (unpaired) electrons. The molecular formula is C11H14O3S. The molecule has 0 saturated heterocycles. The molecule has 4 heteroatoms. The Bertz CT molecular complexity index is 350. The van der Waals surface area contributed by atoms with Gasteiger partial charge in [-0.3, -0.25) is 4.79 Å². The molecule has 1 aromatic carbocycles. The molecule has 0 aromatic heterocycles. The third-order valence-electron chi connectivity index (χ3n) is 1.79. The van der Waals surface area contributed by atoms with Crippen molar-refractivity contribution in [3.63, 3.8) is 0 Å². The van der Waals surface area contributed by atoms with E-state index in [0.29, 0.717) is 30.3 Å². The first-order valence-electron chi connectivity index (χ1n) is 4.82. The predicted octanol–water partition coefficient (Wildman–Crippen LogP) is 2.55. The fraction of sp³-hybridized carbons (Fsp3) is 0.364. The first-order valence-corrected chi connectivity index (χ1v) is 5.26. The van der Waals surface area contributed by atoms with Crippen LogP contribution in [0.4, 0.5) is 0 Å². The van der Waals surface area contributed by atoms with E-state index in [-0.39, 0.29) is 5.12 Å². The Balaban J connectivity index is 3.03. The molecule has 0 atom stereocenters. The standard InChI is InChI=1S/C11H14O3S/c1-3-13-8-5-6-9(11(12)15)10(7-8)14-4-2/h5-7H,3-4H2,1-2H3,(H,12,15). The average Bonchev–Trinajstić information content (AvgIpc) is 2.18. The van der Waals surface area contributed by atoms with E-state index >= 15 is 0 Å². The van der Waals surface area contributed by atoms with Gasteiger partial charge in [-0.2, -0.15) is 0 Å². The highest BCUT2D eigenvalue weighted by Gasteiger charge is 2.10. The third kappa shape index (κ3) is 3.16. The Morgan fingerprint density at radius 1 is 1.27 bits per heavy atom. The molecular weight excluding hydrogens is 212 g/mol. The van der Waals surface area contributed by atoms with Crippen LogP contribution in [-0.4, -0.2) is 18.3 Å². The highest BCUT2D eigenvalue weighted by atomic mass is 32.1. The lowest BCUT2D eigenvalue weighted by molar-refractivity contribution is 0.108. The lowest BCUT2D eigenvalue weighted by atomic mass is 10.2. The van der Waals surface area contributed by atoms with Gasteiger partial charge in [0.25, 0.3) is 0 Å². The molecule has 0 spiro atoms. The van der Waals surface area contributed by atoms with Crippen LogP contribution in [-0.2, 0) is 0 Å². The van der Waals surface area contributed by atoms with E-state index in [1.807, 2.05) is 13.8 Å². The van der Waals surface area contributed by atoms with Crippen molar-refractivity contribution in [3.05, 3.63) is 23.8 Å². The smallest absolute Gasteiger partial charge is 0.220 e. The van der Waals surface area contributed by atoms with E-state index in [9.17, 15) is 4.79 Å². The minimum absolute atomic E-state index is 0.304. The normalized spacial score (nSPS) is 9.80. The van der Waals surface area contributed by atoms with Gasteiger partial charge in [-0.05, 0) is 26.0 Å². The van der Waals surface area contributed by atoms with Crippen molar-refractivity contribution in [2.75, 3.05) is 13.2 Å². The molecule has 0 unspecified atom stereocenters. The van der Waals surface area contributed by atoms with Crippen LogP contribution >= 0.6 is 12.6 Å². The predicted molar refractivity (Wildman–Crippen MR) is 62.1 cm³/mol. The van der Waals surface area contributed by atoms with Crippen molar-refractivity contribution in [2.45, 2.75) is 13.8 Å². The van der Waals surface area contributed by atoms with Gasteiger partial charge < -0.3 is 9.47 Å². The molecule has 0 bridgehead atoms. The number of benzene rings is 1. The van der Waals surface area contributed by atoms with Gasteiger partial charge in [0.1, 0.15) is 11.5 Å². The number of ether oxygens (including phenoxy) is 2. The Hall–Kier alpha value is -1.16. The van der Waals surface area contributed by atoms with Gasteiger partial charge in [-0.25, -0.2) is 0 Å². The van der Waals surface area contributed by atoms with Gasteiger partial charge in [0.2, 0.25) is 5.12 Å². The zero-order valence-electron chi connectivity index (χ0n) is 8.82. The van der Waals surface area contributed by atoms with Gasteiger partial charge in [0.15, 0.2) is 0 Å². The van der Waals surface area contributed by atoms with Crippen LogP contribution in [0.25, 0.3) is 0 Å². The number of carbonyl (C=O) groups is 1. The lowest BCUT2D eigenvalue weighted by Gasteiger charge is -2.10. The Morgan fingerprint density at radius 3 is 2.47 bits per heavy atom. The van der Waals surface area contributed by atoms with Gasteiger partial charge in [-0.15, -0.1) is 12.6 Å². The molecule has 0 aliphatic heterocycles. The van der Waals surface area contributed by atoms with E-state index < -0.39 is 0 Å². The molecule has 0 aliphatic carbocycles.